The molecule has 0 unspecified atom stereocenters. The molecule has 33 heavy (non-hydrogen) atoms. The molecule has 0 bridgehead atoms. The topological polar surface area (TPSA) is 98.5 Å². The average Bonchev–Trinajstić information content (AvgIpc) is 3.23. The second-order valence-electron chi connectivity index (χ2n) is 8.16. The Morgan fingerprint density at radius 2 is 1.82 bits per heavy atom. The molecule has 0 radical (unpaired) electrons. The Hall–Kier alpha value is -2.72. The van der Waals surface area contributed by atoms with Gasteiger partial charge >= 0.3 is 0 Å². The highest BCUT2D eigenvalue weighted by Gasteiger charge is 2.38. The average molecular weight is 469 g/mol. The van der Waals surface area contributed by atoms with Crippen LogP contribution >= 0.6 is 11.8 Å². The molecule has 1 aliphatic rings. The molecule has 1 saturated heterocycles. The van der Waals surface area contributed by atoms with E-state index in [9.17, 15) is 9.90 Å². The van der Waals surface area contributed by atoms with Crippen molar-refractivity contribution in [3.05, 3.63) is 71.5 Å². The van der Waals surface area contributed by atoms with E-state index >= 15 is 0 Å². The third kappa shape index (κ3) is 5.62. The summed E-state index contributed by atoms with van der Waals surface area (Å²) in [6.07, 6.45) is 0.849. The van der Waals surface area contributed by atoms with Crippen LogP contribution in [0.2, 0.25) is 0 Å². The van der Waals surface area contributed by atoms with Gasteiger partial charge in [0.1, 0.15) is 6.33 Å². The molecule has 8 nitrogen and oxygen atoms in total. The fourth-order valence-corrected chi connectivity index (χ4v) is 4.85. The fourth-order valence-electron chi connectivity index (χ4n) is 3.80. The molecule has 1 amide bonds. The van der Waals surface area contributed by atoms with Gasteiger partial charge in [0, 0.05) is 36.9 Å². The Balaban J connectivity index is 1.57. The van der Waals surface area contributed by atoms with Crippen LogP contribution in [-0.2, 0) is 27.9 Å². The molecule has 9 heteroatoms. The van der Waals surface area contributed by atoms with Gasteiger partial charge in [0.2, 0.25) is 5.91 Å². The van der Waals surface area contributed by atoms with Crippen LogP contribution in [0.25, 0.3) is 0 Å². The SMILES string of the molecule is CC(=O)Nc1ccc([C@@H]2O[C@H](CSc3nncn3C)[C@H](C)[C@H](c3ccc(CO)cc3)O2)cc1. The second-order valence-corrected chi connectivity index (χ2v) is 9.15. The highest BCUT2D eigenvalue weighted by molar-refractivity contribution is 7.99. The maximum Gasteiger partial charge on any atom is 0.221 e. The number of carbonyl (C=O) groups is 1. The largest absolute Gasteiger partial charge is 0.392 e. The van der Waals surface area contributed by atoms with E-state index in [1.54, 1.807) is 18.1 Å². The van der Waals surface area contributed by atoms with Gasteiger partial charge in [0.15, 0.2) is 11.4 Å². The van der Waals surface area contributed by atoms with Crippen molar-refractivity contribution in [3.63, 3.8) is 0 Å². The predicted octanol–water partition coefficient (Wildman–Crippen LogP) is 3.85. The minimum atomic E-state index is -0.555. The number of amides is 1. The number of rotatable bonds is 7. The molecule has 0 aliphatic carbocycles. The molecule has 2 heterocycles. The number of carbonyl (C=O) groups excluding carboxylic acids is 1. The lowest BCUT2D eigenvalue weighted by Gasteiger charge is -2.41. The fraction of sp³-hybridized carbons (Fsp3) is 0.375. The van der Waals surface area contributed by atoms with Gasteiger partial charge in [0.05, 0.1) is 18.8 Å². The minimum Gasteiger partial charge on any atom is -0.392 e. The van der Waals surface area contributed by atoms with E-state index < -0.39 is 6.29 Å². The normalized spacial score (nSPS) is 22.8. The maximum atomic E-state index is 11.3. The molecule has 0 saturated carbocycles. The smallest absolute Gasteiger partial charge is 0.221 e. The van der Waals surface area contributed by atoms with E-state index in [1.807, 2.05) is 60.1 Å². The molecular weight excluding hydrogens is 440 g/mol. The number of aliphatic hydroxyl groups excluding tert-OH is 1. The first kappa shape index (κ1) is 23.4. The molecule has 2 aromatic carbocycles. The van der Waals surface area contributed by atoms with Crippen LogP contribution in [0.1, 0.15) is 42.9 Å². The van der Waals surface area contributed by atoms with Crippen molar-refractivity contribution in [2.45, 2.75) is 44.1 Å². The Bertz CT molecular complexity index is 1070. The number of hydrogen-bond donors (Lipinski definition) is 2. The van der Waals surface area contributed by atoms with E-state index in [4.69, 9.17) is 9.47 Å². The first-order valence-corrected chi connectivity index (χ1v) is 11.8. The highest BCUT2D eigenvalue weighted by atomic mass is 32.2. The standard InChI is InChI=1S/C24H28N4O4S/c1-15-21(13-33-24-27-25-14-28(24)3)31-23(19-8-10-20(11-9-19)26-16(2)30)32-22(15)18-6-4-17(12-29)5-7-18/h4-11,14-15,21-23,29H,12-13H2,1-3H3,(H,26,30)/t15-,21+,22+,23+/m0/s1. The van der Waals surface area contributed by atoms with Gasteiger partial charge in [-0.25, -0.2) is 0 Å². The van der Waals surface area contributed by atoms with Crippen LogP contribution in [0, 0.1) is 5.92 Å². The van der Waals surface area contributed by atoms with E-state index in [1.165, 1.54) is 6.92 Å². The van der Waals surface area contributed by atoms with E-state index in [0.29, 0.717) is 5.75 Å². The number of hydrogen-bond acceptors (Lipinski definition) is 7. The first-order chi connectivity index (χ1) is 15.9. The van der Waals surface area contributed by atoms with Crippen molar-refractivity contribution >= 4 is 23.4 Å². The number of aliphatic hydroxyl groups is 1. The number of nitrogens with one attached hydrogen (secondary N) is 1. The van der Waals surface area contributed by atoms with Crippen molar-refractivity contribution in [3.8, 4) is 0 Å². The maximum absolute atomic E-state index is 11.3. The van der Waals surface area contributed by atoms with Gasteiger partial charge in [-0.3, -0.25) is 4.79 Å². The Morgan fingerprint density at radius 3 is 2.42 bits per heavy atom. The zero-order chi connectivity index (χ0) is 23.4. The third-order valence-corrected chi connectivity index (χ3v) is 6.80. The van der Waals surface area contributed by atoms with Crippen LogP contribution < -0.4 is 5.32 Å². The van der Waals surface area contributed by atoms with E-state index in [2.05, 4.69) is 22.4 Å². The lowest BCUT2D eigenvalue weighted by atomic mass is 9.91. The van der Waals surface area contributed by atoms with Crippen molar-refractivity contribution in [2.24, 2.45) is 13.0 Å². The van der Waals surface area contributed by atoms with Gasteiger partial charge in [0.25, 0.3) is 0 Å². The van der Waals surface area contributed by atoms with Gasteiger partial charge < -0.3 is 24.5 Å². The van der Waals surface area contributed by atoms with Crippen molar-refractivity contribution in [1.82, 2.24) is 14.8 Å². The summed E-state index contributed by atoms with van der Waals surface area (Å²) in [5, 5.41) is 21.1. The molecule has 174 valence electrons. The summed E-state index contributed by atoms with van der Waals surface area (Å²) >= 11 is 1.60. The Morgan fingerprint density at radius 1 is 1.12 bits per heavy atom. The molecule has 0 spiro atoms. The number of ether oxygens (including phenoxy) is 2. The Kier molecular flexibility index (Phi) is 7.44. The summed E-state index contributed by atoms with van der Waals surface area (Å²) in [7, 11) is 1.92. The van der Waals surface area contributed by atoms with Gasteiger partial charge in [-0.1, -0.05) is 55.1 Å². The zero-order valence-electron chi connectivity index (χ0n) is 18.8. The lowest BCUT2D eigenvalue weighted by molar-refractivity contribution is -0.268. The second kappa shape index (κ2) is 10.5. The zero-order valence-corrected chi connectivity index (χ0v) is 19.7. The molecular formula is C24H28N4O4S. The third-order valence-electron chi connectivity index (χ3n) is 5.67. The molecule has 2 N–H and O–H groups in total. The van der Waals surface area contributed by atoms with Crippen molar-refractivity contribution in [1.29, 1.82) is 0 Å². The highest BCUT2D eigenvalue weighted by Crippen LogP contribution is 2.43. The summed E-state index contributed by atoms with van der Waals surface area (Å²) < 4.78 is 14.7. The van der Waals surface area contributed by atoms with E-state index in [0.717, 1.165) is 27.5 Å². The first-order valence-electron chi connectivity index (χ1n) is 10.8. The number of aryl methyl sites for hydroxylation is 1. The number of aromatic nitrogens is 3. The number of anilines is 1. The molecule has 4 atom stereocenters. The molecule has 3 aromatic rings. The predicted molar refractivity (Wildman–Crippen MR) is 125 cm³/mol. The number of thioether (sulfide) groups is 1. The molecule has 1 fully saturated rings. The monoisotopic (exact) mass is 468 g/mol. The van der Waals surface area contributed by atoms with Crippen LogP contribution in [0.3, 0.4) is 0 Å². The summed E-state index contributed by atoms with van der Waals surface area (Å²) in [6, 6.07) is 15.3. The van der Waals surface area contributed by atoms with Gasteiger partial charge in [-0.15, -0.1) is 10.2 Å². The summed E-state index contributed by atoms with van der Waals surface area (Å²) in [5.74, 6) is 0.664. The minimum absolute atomic E-state index is 0.00467. The summed E-state index contributed by atoms with van der Waals surface area (Å²) in [5.41, 5.74) is 3.50. The molecule has 1 aromatic heterocycles. The summed E-state index contributed by atoms with van der Waals surface area (Å²) in [4.78, 5) is 11.3. The van der Waals surface area contributed by atoms with Crippen LogP contribution in [0.4, 0.5) is 5.69 Å². The van der Waals surface area contributed by atoms with Crippen molar-refractivity contribution in [2.75, 3.05) is 11.1 Å². The van der Waals surface area contributed by atoms with Crippen LogP contribution in [0.15, 0.2) is 60.0 Å². The quantitative estimate of drug-likeness (QED) is 0.508. The van der Waals surface area contributed by atoms with Gasteiger partial charge in [-0.05, 0) is 23.3 Å². The van der Waals surface area contributed by atoms with Crippen LogP contribution in [0.5, 0.6) is 0 Å². The van der Waals surface area contributed by atoms with Crippen molar-refractivity contribution < 1.29 is 19.4 Å². The van der Waals surface area contributed by atoms with Gasteiger partial charge in [-0.2, -0.15) is 0 Å². The summed E-state index contributed by atoms with van der Waals surface area (Å²) in [6.45, 7) is 3.61. The molecule has 1 aliphatic heterocycles. The van der Waals surface area contributed by atoms with E-state index in [-0.39, 0.29) is 30.6 Å². The number of benzene rings is 2. The van der Waals surface area contributed by atoms with Crippen LogP contribution in [-0.4, -0.2) is 37.6 Å². The molecule has 4 rings (SSSR count). The Labute approximate surface area is 197 Å². The number of nitrogens with zero attached hydrogens (tertiary/aromatic N) is 3. The lowest BCUT2D eigenvalue weighted by Crippen LogP contribution is -2.38.